The van der Waals surface area contributed by atoms with Crippen molar-refractivity contribution in [1.82, 2.24) is 15.5 Å². The Balaban J connectivity index is 0.00000385. The van der Waals surface area contributed by atoms with Crippen LogP contribution in [0.3, 0.4) is 0 Å². The Hall–Kier alpha value is -2.04. The average molecular weight is 569 g/mol. The summed E-state index contributed by atoms with van der Waals surface area (Å²) in [7, 11) is 1.69. The molecule has 0 aliphatic carbocycles. The summed E-state index contributed by atoms with van der Waals surface area (Å²) in [5.74, 6) is 2.55. The summed E-state index contributed by atoms with van der Waals surface area (Å²) >= 11 is 0. The normalized spacial score (nSPS) is 15.3. The van der Waals surface area contributed by atoms with Crippen LogP contribution in [0.25, 0.3) is 0 Å². The highest BCUT2D eigenvalue weighted by Gasteiger charge is 2.23. The molecule has 2 aromatic carbocycles. The summed E-state index contributed by atoms with van der Waals surface area (Å²) in [6, 6.07) is 16.6. The minimum Gasteiger partial charge on any atom is -0.497 e. The summed E-state index contributed by atoms with van der Waals surface area (Å²) in [5.41, 5.74) is 2.37. The number of morpholine rings is 1. The van der Waals surface area contributed by atoms with Crippen LogP contribution in [0.4, 0.5) is 0 Å². The molecular formula is C25H37IN4O3. The Morgan fingerprint density at radius 2 is 1.82 bits per heavy atom. The molecule has 182 valence electrons. The first-order valence-corrected chi connectivity index (χ1v) is 11.4. The second-order valence-electron chi connectivity index (χ2n) is 7.59. The van der Waals surface area contributed by atoms with Crippen molar-refractivity contribution in [3.8, 4) is 11.5 Å². The standard InChI is InChI=1S/C25H36N4O3.HI/c1-4-26-25(27-18-20-7-6-8-23(17-20)32-5-2)28-19-24(29-13-15-31-16-14-29)21-9-11-22(30-3)12-10-21;/h6-12,17,24H,4-5,13-16,18-19H2,1-3H3,(H2,26,27,28);1H. The van der Waals surface area contributed by atoms with E-state index in [1.165, 1.54) is 5.56 Å². The molecule has 0 saturated carbocycles. The number of ether oxygens (including phenoxy) is 3. The highest BCUT2D eigenvalue weighted by atomic mass is 127. The van der Waals surface area contributed by atoms with Gasteiger partial charge in [0.15, 0.2) is 5.96 Å². The third-order valence-electron chi connectivity index (χ3n) is 5.42. The number of halogens is 1. The molecule has 0 spiro atoms. The van der Waals surface area contributed by atoms with Crippen LogP contribution in [0.15, 0.2) is 53.5 Å². The molecule has 0 bridgehead atoms. The molecule has 2 N–H and O–H groups in total. The fourth-order valence-electron chi connectivity index (χ4n) is 3.78. The van der Waals surface area contributed by atoms with E-state index in [2.05, 4.69) is 40.7 Å². The van der Waals surface area contributed by atoms with Crippen LogP contribution in [0.5, 0.6) is 11.5 Å². The van der Waals surface area contributed by atoms with Gasteiger partial charge in [-0.15, -0.1) is 24.0 Å². The zero-order chi connectivity index (χ0) is 22.6. The number of benzene rings is 2. The molecule has 1 fully saturated rings. The third-order valence-corrected chi connectivity index (χ3v) is 5.42. The predicted molar refractivity (Wildman–Crippen MR) is 144 cm³/mol. The lowest BCUT2D eigenvalue weighted by Crippen LogP contribution is -2.46. The molecule has 1 atom stereocenters. The first-order chi connectivity index (χ1) is 15.7. The lowest BCUT2D eigenvalue weighted by Gasteiger charge is -2.35. The lowest BCUT2D eigenvalue weighted by atomic mass is 10.0. The van der Waals surface area contributed by atoms with Crippen LogP contribution < -0.4 is 20.1 Å². The van der Waals surface area contributed by atoms with Crippen molar-refractivity contribution < 1.29 is 14.2 Å². The zero-order valence-electron chi connectivity index (χ0n) is 19.9. The Kier molecular flexibility index (Phi) is 12.3. The number of hydrogen-bond donors (Lipinski definition) is 2. The Morgan fingerprint density at radius 3 is 2.48 bits per heavy atom. The molecule has 8 heteroatoms. The second-order valence-corrected chi connectivity index (χ2v) is 7.59. The van der Waals surface area contributed by atoms with Crippen molar-refractivity contribution in [2.45, 2.75) is 26.4 Å². The maximum Gasteiger partial charge on any atom is 0.191 e. The molecule has 1 heterocycles. The zero-order valence-corrected chi connectivity index (χ0v) is 22.2. The highest BCUT2D eigenvalue weighted by Crippen LogP contribution is 2.23. The summed E-state index contributed by atoms with van der Waals surface area (Å²) in [5, 5.41) is 6.91. The molecular weight excluding hydrogens is 531 g/mol. The van der Waals surface area contributed by atoms with Gasteiger partial charge in [-0.05, 0) is 49.2 Å². The topological polar surface area (TPSA) is 67.4 Å². The Morgan fingerprint density at radius 1 is 1.06 bits per heavy atom. The molecule has 1 unspecified atom stereocenters. The molecule has 3 rings (SSSR count). The maximum atomic E-state index is 5.61. The van der Waals surface area contributed by atoms with Crippen molar-refractivity contribution >= 4 is 29.9 Å². The molecule has 0 radical (unpaired) electrons. The van der Waals surface area contributed by atoms with Gasteiger partial charge in [0.1, 0.15) is 11.5 Å². The van der Waals surface area contributed by atoms with Gasteiger partial charge in [-0.25, -0.2) is 4.99 Å². The van der Waals surface area contributed by atoms with Gasteiger partial charge < -0.3 is 24.8 Å². The quantitative estimate of drug-likeness (QED) is 0.258. The van der Waals surface area contributed by atoms with Gasteiger partial charge in [0.25, 0.3) is 0 Å². The number of methoxy groups -OCH3 is 1. The molecule has 7 nitrogen and oxygen atoms in total. The maximum absolute atomic E-state index is 5.61. The van der Waals surface area contributed by atoms with E-state index in [1.54, 1.807) is 7.11 Å². The Labute approximate surface area is 214 Å². The van der Waals surface area contributed by atoms with E-state index in [9.17, 15) is 0 Å². The van der Waals surface area contributed by atoms with Gasteiger partial charge in [0, 0.05) is 26.2 Å². The van der Waals surface area contributed by atoms with Crippen LogP contribution in [-0.2, 0) is 11.3 Å². The molecule has 33 heavy (non-hydrogen) atoms. The van der Waals surface area contributed by atoms with E-state index in [0.29, 0.717) is 13.2 Å². The van der Waals surface area contributed by atoms with Crippen molar-refractivity contribution in [2.75, 3.05) is 53.1 Å². The van der Waals surface area contributed by atoms with Crippen molar-refractivity contribution in [1.29, 1.82) is 0 Å². The monoisotopic (exact) mass is 568 g/mol. The van der Waals surface area contributed by atoms with Crippen LogP contribution in [-0.4, -0.2) is 64.0 Å². The minimum atomic E-state index is 0. The second kappa shape index (κ2) is 15.0. The van der Waals surface area contributed by atoms with Crippen LogP contribution in [0.2, 0.25) is 0 Å². The number of rotatable bonds is 10. The number of nitrogens with one attached hydrogen (secondary N) is 2. The number of hydrogen-bond acceptors (Lipinski definition) is 5. The van der Waals surface area contributed by atoms with E-state index in [0.717, 1.165) is 62.4 Å². The van der Waals surface area contributed by atoms with Crippen LogP contribution in [0, 0.1) is 0 Å². The third kappa shape index (κ3) is 8.68. The van der Waals surface area contributed by atoms with E-state index >= 15 is 0 Å². The highest BCUT2D eigenvalue weighted by molar-refractivity contribution is 14.0. The van der Waals surface area contributed by atoms with Gasteiger partial charge in [-0.3, -0.25) is 4.90 Å². The summed E-state index contributed by atoms with van der Waals surface area (Å²) < 4.78 is 16.5. The van der Waals surface area contributed by atoms with Crippen molar-refractivity contribution in [3.63, 3.8) is 0 Å². The fraction of sp³-hybridized carbons (Fsp3) is 0.480. The van der Waals surface area contributed by atoms with E-state index in [-0.39, 0.29) is 30.0 Å². The SMILES string of the molecule is CCNC(=NCc1cccc(OCC)c1)NCC(c1ccc(OC)cc1)N1CCOCC1.I. The van der Waals surface area contributed by atoms with Crippen LogP contribution in [0.1, 0.15) is 31.0 Å². The molecule has 0 aromatic heterocycles. The molecule has 1 saturated heterocycles. The summed E-state index contributed by atoms with van der Waals surface area (Å²) in [6.07, 6.45) is 0. The van der Waals surface area contributed by atoms with Crippen LogP contribution >= 0.6 is 24.0 Å². The number of guanidine groups is 1. The molecule has 1 aliphatic rings. The van der Waals surface area contributed by atoms with Gasteiger partial charge in [0.05, 0.1) is 39.5 Å². The Bertz CT molecular complexity index is 842. The van der Waals surface area contributed by atoms with E-state index in [4.69, 9.17) is 19.2 Å². The van der Waals surface area contributed by atoms with Gasteiger partial charge in [-0.2, -0.15) is 0 Å². The predicted octanol–water partition coefficient (Wildman–Crippen LogP) is 3.84. The summed E-state index contributed by atoms with van der Waals surface area (Å²) in [6.45, 7) is 10.2. The smallest absolute Gasteiger partial charge is 0.191 e. The lowest BCUT2D eigenvalue weighted by molar-refractivity contribution is 0.0170. The largest absolute Gasteiger partial charge is 0.497 e. The van der Waals surface area contributed by atoms with E-state index < -0.39 is 0 Å². The first-order valence-electron chi connectivity index (χ1n) is 11.4. The van der Waals surface area contributed by atoms with Crippen molar-refractivity contribution in [3.05, 3.63) is 59.7 Å². The molecule has 1 aliphatic heterocycles. The first kappa shape index (κ1) is 27.2. The van der Waals surface area contributed by atoms with Gasteiger partial charge in [0.2, 0.25) is 0 Å². The number of aliphatic imine (C=N–C) groups is 1. The molecule has 2 aromatic rings. The molecule has 0 amide bonds. The van der Waals surface area contributed by atoms with Gasteiger partial charge in [-0.1, -0.05) is 24.3 Å². The van der Waals surface area contributed by atoms with Gasteiger partial charge >= 0.3 is 0 Å². The average Bonchev–Trinajstić information content (AvgIpc) is 2.84. The summed E-state index contributed by atoms with van der Waals surface area (Å²) in [4.78, 5) is 7.26. The fourth-order valence-corrected chi connectivity index (χ4v) is 3.78. The van der Waals surface area contributed by atoms with E-state index in [1.807, 2.05) is 37.3 Å². The van der Waals surface area contributed by atoms with Crippen molar-refractivity contribution in [2.24, 2.45) is 4.99 Å². The minimum absolute atomic E-state index is 0. The number of nitrogens with zero attached hydrogens (tertiary/aromatic N) is 2.